The van der Waals surface area contributed by atoms with Gasteiger partial charge in [0.05, 0.1) is 17.4 Å². The number of nitrogens with zero attached hydrogens (tertiary/aromatic N) is 3. The summed E-state index contributed by atoms with van der Waals surface area (Å²) in [5, 5.41) is 12.0. The molecule has 0 bridgehead atoms. The van der Waals surface area contributed by atoms with Gasteiger partial charge in [0.25, 0.3) is 5.91 Å². The molecule has 0 aliphatic carbocycles. The Balaban J connectivity index is 1.45. The van der Waals surface area contributed by atoms with E-state index in [4.69, 9.17) is 15.6 Å². The standard InChI is InChI=1S/C26H32N6O2/c1-17(2)21-16-31(15-14-28-21)22-12-13-29-24-23(22)30-32(25(24)26(27)33)18-8-10-20(11-9-18)34-19-6-4-3-5-7-19/h3-11,17,21-22,28-29H,12-16H2,1-2H3,(H2,27,33)/t21-,22?/m0/s1. The number of rotatable bonds is 6. The number of nitrogens with two attached hydrogens (primary N) is 1. The van der Waals surface area contributed by atoms with E-state index in [-0.39, 0.29) is 6.04 Å². The lowest BCUT2D eigenvalue weighted by molar-refractivity contribution is 0.0993. The molecule has 8 heteroatoms. The second-order valence-electron chi connectivity index (χ2n) is 9.32. The summed E-state index contributed by atoms with van der Waals surface area (Å²) in [6.45, 7) is 8.15. The summed E-state index contributed by atoms with van der Waals surface area (Å²) in [7, 11) is 0. The Kier molecular flexibility index (Phi) is 6.26. The van der Waals surface area contributed by atoms with E-state index in [0.29, 0.717) is 23.4 Å². The number of benzene rings is 2. The highest BCUT2D eigenvalue weighted by molar-refractivity contribution is 5.98. The molecule has 2 aromatic carbocycles. The van der Waals surface area contributed by atoms with Crippen LogP contribution >= 0.6 is 0 Å². The van der Waals surface area contributed by atoms with E-state index in [1.54, 1.807) is 4.68 Å². The van der Waals surface area contributed by atoms with Crippen molar-refractivity contribution in [1.29, 1.82) is 0 Å². The first-order valence-corrected chi connectivity index (χ1v) is 12.0. The fraction of sp³-hybridized carbons (Fsp3) is 0.385. The minimum atomic E-state index is -0.494. The zero-order valence-electron chi connectivity index (χ0n) is 19.7. The summed E-state index contributed by atoms with van der Waals surface area (Å²) >= 11 is 0. The van der Waals surface area contributed by atoms with Crippen LogP contribution in [0.4, 0.5) is 5.69 Å². The quantitative estimate of drug-likeness (QED) is 0.521. The van der Waals surface area contributed by atoms with Crippen molar-refractivity contribution in [3.8, 4) is 17.2 Å². The maximum absolute atomic E-state index is 12.5. The first-order valence-electron chi connectivity index (χ1n) is 12.0. The minimum absolute atomic E-state index is 0.152. The van der Waals surface area contributed by atoms with E-state index in [9.17, 15) is 4.79 Å². The molecule has 1 saturated heterocycles. The molecular formula is C26H32N6O2. The van der Waals surface area contributed by atoms with Crippen molar-refractivity contribution < 1.29 is 9.53 Å². The lowest BCUT2D eigenvalue weighted by Crippen LogP contribution is -2.54. The van der Waals surface area contributed by atoms with Crippen LogP contribution in [0, 0.1) is 5.92 Å². The van der Waals surface area contributed by atoms with E-state index < -0.39 is 5.91 Å². The molecule has 1 amide bonds. The molecular weight excluding hydrogens is 428 g/mol. The van der Waals surface area contributed by atoms with E-state index >= 15 is 0 Å². The van der Waals surface area contributed by atoms with Gasteiger partial charge >= 0.3 is 0 Å². The summed E-state index contributed by atoms with van der Waals surface area (Å²) < 4.78 is 7.58. The van der Waals surface area contributed by atoms with Crippen LogP contribution in [0.2, 0.25) is 0 Å². The molecule has 8 nitrogen and oxygen atoms in total. The smallest absolute Gasteiger partial charge is 0.269 e. The highest BCUT2D eigenvalue weighted by atomic mass is 16.5. The van der Waals surface area contributed by atoms with Crippen molar-refractivity contribution in [2.75, 3.05) is 31.5 Å². The molecule has 2 atom stereocenters. The van der Waals surface area contributed by atoms with Crippen molar-refractivity contribution in [2.45, 2.75) is 32.4 Å². The third kappa shape index (κ3) is 4.38. The van der Waals surface area contributed by atoms with E-state index in [2.05, 4.69) is 29.4 Å². The Morgan fingerprint density at radius 2 is 1.82 bits per heavy atom. The van der Waals surface area contributed by atoms with Crippen molar-refractivity contribution in [3.05, 3.63) is 66.0 Å². The topological polar surface area (TPSA) is 97.4 Å². The molecule has 2 aliphatic rings. The van der Waals surface area contributed by atoms with Crippen LogP contribution in [0.1, 0.15) is 42.5 Å². The van der Waals surface area contributed by atoms with Crippen LogP contribution in [0.5, 0.6) is 11.5 Å². The molecule has 3 aromatic rings. The van der Waals surface area contributed by atoms with Crippen molar-refractivity contribution >= 4 is 11.6 Å². The maximum atomic E-state index is 12.5. The summed E-state index contributed by atoms with van der Waals surface area (Å²) in [6.07, 6.45) is 0.941. The molecule has 5 rings (SSSR count). The van der Waals surface area contributed by atoms with Crippen molar-refractivity contribution in [3.63, 3.8) is 0 Å². The molecule has 178 valence electrons. The fourth-order valence-electron chi connectivity index (χ4n) is 4.89. The Hall–Kier alpha value is -3.36. The van der Waals surface area contributed by atoms with E-state index in [0.717, 1.165) is 55.4 Å². The van der Waals surface area contributed by atoms with Crippen LogP contribution in [-0.4, -0.2) is 52.8 Å². The zero-order chi connectivity index (χ0) is 23.7. The van der Waals surface area contributed by atoms with Crippen LogP contribution in [0.25, 0.3) is 5.69 Å². The Morgan fingerprint density at radius 3 is 2.53 bits per heavy atom. The monoisotopic (exact) mass is 460 g/mol. The Labute approximate surface area is 200 Å². The summed E-state index contributed by atoms with van der Waals surface area (Å²) in [5.74, 6) is 1.54. The number of carbonyl (C=O) groups excluding carboxylic acids is 1. The maximum Gasteiger partial charge on any atom is 0.269 e. The molecule has 3 heterocycles. The summed E-state index contributed by atoms with van der Waals surface area (Å²) in [4.78, 5) is 15.0. The molecule has 0 saturated carbocycles. The molecule has 2 aliphatic heterocycles. The lowest BCUT2D eigenvalue weighted by Gasteiger charge is -2.41. The number of piperazine rings is 1. The largest absolute Gasteiger partial charge is 0.457 e. The SMILES string of the molecule is CC(C)[C@@H]1CN(C2CCNc3c2nn(-c2ccc(Oc4ccccc4)cc2)c3C(N)=O)CCN1. The van der Waals surface area contributed by atoms with Gasteiger partial charge in [0.2, 0.25) is 0 Å². The first kappa shape index (κ1) is 22.4. The van der Waals surface area contributed by atoms with Gasteiger partial charge in [0.15, 0.2) is 5.69 Å². The number of nitrogens with one attached hydrogen (secondary N) is 2. The minimum Gasteiger partial charge on any atom is -0.457 e. The number of carbonyl (C=O) groups is 1. The van der Waals surface area contributed by atoms with Crippen molar-refractivity contribution in [2.24, 2.45) is 11.7 Å². The van der Waals surface area contributed by atoms with Crippen molar-refractivity contribution in [1.82, 2.24) is 20.0 Å². The number of fused-ring (bicyclic) bond motifs is 1. The van der Waals surface area contributed by atoms with E-state index in [1.165, 1.54) is 0 Å². The summed E-state index contributed by atoms with van der Waals surface area (Å²) in [6, 6.07) is 17.8. The number of hydrogen-bond donors (Lipinski definition) is 3. The van der Waals surface area contributed by atoms with Gasteiger partial charge in [0, 0.05) is 32.2 Å². The number of anilines is 1. The molecule has 4 N–H and O–H groups in total. The number of primary amides is 1. The van der Waals surface area contributed by atoms with Crippen LogP contribution in [-0.2, 0) is 0 Å². The number of amides is 1. The predicted molar refractivity (Wildman–Crippen MR) is 133 cm³/mol. The van der Waals surface area contributed by atoms with Gasteiger partial charge in [0.1, 0.15) is 17.2 Å². The second kappa shape index (κ2) is 9.48. The third-order valence-electron chi connectivity index (χ3n) is 6.72. The van der Waals surface area contributed by atoms with Gasteiger partial charge in [-0.3, -0.25) is 9.69 Å². The Bertz CT molecular complexity index is 1140. The normalized spacial score (nSPS) is 20.6. The number of aromatic nitrogens is 2. The predicted octanol–water partition coefficient (Wildman–Crippen LogP) is 3.55. The molecule has 1 aromatic heterocycles. The van der Waals surface area contributed by atoms with Gasteiger partial charge in [-0.05, 0) is 48.7 Å². The highest BCUT2D eigenvalue weighted by Gasteiger charge is 2.36. The van der Waals surface area contributed by atoms with E-state index in [1.807, 2.05) is 54.6 Å². The molecule has 0 spiro atoms. The van der Waals surface area contributed by atoms with Gasteiger partial charge in [-0.25, -0.2) is 4.68 Å². The van der Waals surface area contributed by atoms with Crippen LogP contribution < -0.4 is 21.1 Å². The van der Waals surface area contributed by atoms with Gasteiger partial charge in [-0.2, -0.15) is 5.10 Å². The van der Waals surface area contributed by atoms with Gasteiger partial charge in [-0.1, -0.05) is 32.0 Å². The van der Waals surface area contributed by atoms with Crippen LogP contribution in [0.15, 0.2) is 54.6 Å². The highest BCUT2D eigenvalue weighted by Crippen LogP contribution is 2.37. The molecule has 0 radical (unpaired) electrons. The first-order chi connectivity index (χ1) is 16.5. The third-order valence-corrected chi connectivity index (χ3v) is 6.72. The van der Waals surface area contributed by atoms with Gasteiger partial charge < -0.3 is 21.1 Å². The zero-order valence-corrected chi connectivity index (χ0v) is 19.7. The fourth-order valence-corrected chi connectivity index (χ4v) is 4.89. The number of ether oxygens (including phenoxy) is 1. The molecule has 1 fully saturated rings. The Morgan fingerprint density at radius 1 is 1.09 bits per heavy atom. The average Bonchev–Trinajstić information content (AvgIpc) is 3.25. The average molecular weight is 461 g/mol. The lowest BCUT2D eigenvalue weighted by atomic mass is 9.97. The van der Waals surface area contributed by atoms with Crippen LogP contribution in [0.3, 0.4) is 0 Å². The van der Waals surface area contributed by atoms with Gasteiger partial charge in [-0.15, -0.1) is 0 Å². The molecule has 1 unspecified atom stereocenters. The second-order valence-corrected chi connectivity index (χ2v) is 9.32. The summed E-state index contributed by atoms with van der Waals surface area (Å²) in [5.41, 5.74) is 8.67. The number of hydrogen-bond acceptors (Lipinski definition) is 6. The number of para-hydroxylation sites is 1. The molecule has 34 heavy (non-hydrogen) atoms.